The highest BCUT2D eigenvalue weighted by molar-refractivity contribution is 5.96. The predicted octanol–water partition coefficient (Wildman–Crippen LogP) is 5.07. The number of alkyl halides is 3. The largest absolute Gasteiger partial charge is 0.573 e. The number of carboxylic acids is 1. The van der Waals surface area contributed by atoms with Gasteiger partial charge in [-0.3, -0.25) is 4.98 Å². The fourth-order valence-corrected chi connectivity index (χ4v) is 3.55. The standard InChI is InChI=1S/C23H18F4N6O3/c1-3-16-19(13-4-7-18(24)30-11-13)21(33(32-16)20-12(2)28-8-9-29-20)31-17-6-5-14(36-23(25,26)27)10-15(17)22(34)35/h4-11,31H,3H2,1-2H3,(H,34,35). The Balaban J connectivity index is 1.92. The lowest BCUT2D eigenvalue weighted by Crippen LogP contribution is -2.17. The van der Waals surface area contributed by atoms with Gasteiger partial charge in [0.25, 0.3) is 0 Å². The Kier molecular flexibility index (Phi) is 6.55. The molecule has 36 heavy (non-hydrogen) atoms. The van der Waals surface area contributed by atoms with Crippen LogP contribution in [0.25, 0.3) is 16.9 Å². The second-order valence-electron chi connectivity index (χ2n) is 7.46. The van der Waals surface area contributed by atoms with Crippen LogP contribution in [0.3, 0.4) is 0 Å². The molecule has 0 aliphatic carbocycles. The van der Waals surface area contributed by atoms with Crippen molar-refractivity contribution in [3.05, 3.63) is 71.8 Å². The molecule has 186 valence electrons. The number of nitrogens with one attached hydrogen (secondary N) is 1. The van der Waals surface area contributed by atoms with Crippen molar-refractivity contribution in [3.8, 4) is 22.7 Å². The summed E-state index contributed by atoms with van der Waals surface area (Å²) in [5.74, 6) is -2.33. The number of hydrogen-bond donors (Lipinski definition) is 2. The minimum atomic E-state index is -4.99. The minimum absolute atomic E-state index is 0.0429. The van der Waals surface area contributed by atoms with Gasteiger partial charge in [-0.1, -0.05) is 6.92 Å². The number of aryl methyl sites for hydroxylation is 2. The number of nitrogens with zero attached hydrogens (tertiary/aromatic N) is 5. The molecule has 13 heteroatoms. The summed E-state index contributed by atoms with van der Waals surface area (Å²) in [6.07, 6.45) is -0.334. The molecule has 1 aromatic carbocycles. The van der Waals surface area contributed by atoms with E-state index in [1.807, 2.05) is 6.92 Å². The third kappa shape index (κ3) is 5.09. The van der Waals surface area contributed by atoms with E-state index >= 15 is 0 Å². The Hall–Kier alpha value is -4.55. The highest BCUT2D eigenvalue weighted by Crippen LogP contribution is 2.37. The summed E-state index contributed by atoms with van der Waals surface area (Å²) in [5.41, 5.74) is 1.46. The zero-order valence-electron chi connectivity index (χ0n) is 18.8. The predicted molar refractivity (Wildman–Crippen MR) is 120 cm³/mol. The molecule has 9 nitrogen and oxygen atoms in total. The quantitative estimate of drug-likeness (QED) is 0.266. The Morgan fingerprint density at radius 1 is 1.14 bits per heavy atom. The van der Waals surface area contributed by atoms with Gasteiger partial charge in [0, 0.05) is 29.7 Å². The summed E-state index contributed by atoms with van der Waals surface area (Å²) in [4.78, 5) is 24.1. The molecule has 0 atom stereocenters. The summed E-state index contributed by atoms with van der Waals surface area (Å²) < 4.78 is 56.8. The third-order valence-corrected chi connectivity index (χ3v) is 5.07. The fraction of sp³-hybridized carbons (Fsp3) is 0.174. The van der Waals surface area contributed by atoms with Gasteiger partial charge in [-0.2, -0.15) is 14.2 Å². The lowest BCUT2D eigenvalue weighted by atomic mass is 10.1. The zero-order valence-corrected chi connectivity index (χ0v) is 18.8. The molecular weight excluding hydrogens is 484 g/mol. The van der Waals surface area contributed by atoms with Gasteiger partial charge in [0.2, 0.25) is 5.95 Å². The maximum atomic E-state index is 13.5. The highest BCUT2D eigenvalue weighted by Gasteiger charge is 2.32. The maximum Gasteiger partial charge on any atom is 0.573 e. The Bertz CT molecular complexity index is 1420. The number of benzene rings is 1. The molecule has 0 radical (unpaired) electrons. The van der Waals surface area contributed by atoms with E-state index in [4.69, 9.17) is 0 Å². The topological polar surface area (TPSA) is 115 Å². The first-order valence-corrected chi connectivity index (χ1v) is 10.5. The van der Waals surface area contributed by atoms with E-state index < -0.39 is 29.6 Å². The number of aromatic carboxylic acids is 1. The number of ether oxygens (including phenoxy) is 1. The molecule has 3 heterocycles. The van der Waals surface area contributed by atoms with Gasteiger partial charge in [-0.25, -0.2) is 14.8 Å². The van der Waals surface area contributed by atoms with Gasteiger partial charge in [0.15, 0.2) is 5.82 Å². The molecule has 0 aliphatic heterocycles. The van der Waals surface area contributed by atoms with Crippen molar-refractivity contribution in [1.82, 2.24) is 24.7 Å². The molecule has 0 bridgehead atoms. The van der Waals surface area contributed by atoms with Gasteiger partial charge >= 0.3 is 12.3 Å². The molecule has 2 N–H and O–H groups in total. The average molecular weight is 502 g/mol. The highest BCUT2D eigenvalue weighted by atomic mass is 19.4. The van der Waals surface area contributed by atoms with Crippen molar-refractivity contribution < 1.29 is 32.2 Å². The molecule has 0 saturated carbocycles. The number of hydrogen-bond acceptors (Lipinski definition) is 7. The number of halogens is 4. The second kappa shape index (κ2) is 9.60. The summed E-state index contributed by atoms with van der Waals surface area (Å²) in [5, 5.41) is 17.3. The van der Waals surface area contributed by atoms with E-state index in [1.165, 1.54) is 29.3 Å². The van der Waals surface area contributed by atoms with Crippen LogP contribution in [-0.4, -0.2) is 42.2 Å². The second-order valence-corrected chi connectivity index (χ2v) is 7.46. The van der Waals surface area contributed by atoms with Crippen molar-refractivity contribution in [2.45, 2.75) is 26.6 Å². The zero-order chi connectivity index (χ0) is 26.0. The van der Waals surface area contributed by atoms with Gasteiger partial charge < -0.3 is 15.2 Å². The first kappa shape index (κ1) is 24.6. The molecule has 0 saturated heterocycles. The number of carbonyl (C=O) groups is 1. The number of rotatable bonds is 7. The molecule has 0 spiro atoms. The van der Waals surface area contributed by atoms with Crippen LogP contribution in [-0.2, 0) is 6.42 Å². The van der Waals surface area contributed by atoms with Crippen molar-refractivity contribution in [2.24, 2.45) is 0 Å². The molecule has 0 unspecified atom stereocenters. The lowest BCUT2D eigenvalue weighted by Gasteiger charge is -2.16. The summed E-state index contributed by atoms with van der Waals surface area (Å²) in [6, 6.07) is 5.53. The smallest absolute Gasteiger partial charge is 0.478 e. The van der Waals surface area contributed by atoms with Crippen molar-refractivity contribution in [3.63, 3.8) is 0 Å². The van der Waals surface area contributed by atoms with Crippen LogP contribution in [0.2, 0.25) is 0 Å². The molecule has 4 aromatic rings. The molecule has 0 fully saturated rings. The first-order valence-electron chi connectivity index (χ1n) is 10.5. The van der Waals surface area contributed by atoms with Crippen LogP contribution in [0.4, 0.5) is 29.1 Å². The van der Waals surface area contributed by atoms with Crippen LogP contribution >= 0.6 is 0 Å². The number of carboxylic acid groups (broad SMARTS) is 1. The van der Waals surface area contributed by atoms with E-state index in [-0.39, 0.29) is 11.5 Å². The third-order valence-electron chi connectivity index (χ3n) is 5.07. The minimum Gasteiger partial charge on any atom is -0.478 e. The summed E-state index contributed by atoms with van der Waals surface area (Å²) in [6.45, 7) is 3.54. The van der Waals surface area contributed by atoms with Crippen LogP contribution in [0.1, 0.15) is 28.7 Å². The van der Waals surface area contributed by atoms with E-state index in [0.29, 0.717) is 34.8 Å². The Labute approximate surface area is 201 Å². The van der Waals surface area contributed by atoms with Gasteiger partial charge in [-0.15, -0.1) is 13.2 Å². The number of aromatic nitrogens is 5. The molecule has 4 rings (SSSR count). The van der Waals surface area contributed by atoms with Crippen molar-refractivity contribution >= 4 is 17.5 Å². The van der Waals surface area contributed by atoms with E-state index in [2.05, 4.69) is 30.1 Å². The number of pyridine rings is 1. The first-order chi connectivity index (χ1) is 17.1. The van der Waals surface area contributed by atoms with Crippen LogP contribution < -0.4 is 10.1 Å². The maximum absolute atomic E-state index is 13.5. The number of anilines is 2. The summed E-state index contributed by atoms with van der Waals surface area (Å²) >= 11 is 0. The van der Waals surface area contributed by atoms with E-state index in [9.17, 15) is 27.5 Å². The van der Waals surface area contributed by atoms with Gasteiger partial charge in [-0.05, 0) is 43.7 Å². The lowest BCUT2D eigenvalue weighted by molar-refractivity contribution is -0.274. The van der Waals surface area contributed by atoms with Gasteiger partial charge in [0.05, 0.1) is 22.6 Å². The Morgan fingerprint density at radius 2 is 1.89 bits per heavy atom. The normalized spacial score (nSPS) is 11.4. The molecule has 3 aromatic heterocycles. The summed E-state index contributed by atoms with van der Waals surface area (Å²) in [7, 11) is 0. The van der Waals surface area contributed by atoms with Crippen LogP contribution in [0, 0.1) is 12.9 Å². The molecule has 0 aliphatic rings. The molecular formula is C23H18F4N6O3. The monoisotopic (exact) mass is 502 g/mol. The average Bonchev–Trinajstić information content (AvgIpc) is 3.17. The van der Waals surface area contributed by atoms with E-state index in [1.54, 1.807) is 6.92 Å². The van der Waals surface area contributed by atoms with Crippen LogP contribution in [0.15, 0.2) is 48.9 Å². The van der Waals surface area contributed by atoms with E-state index in [0.717, 1.165) is 24.3 Å². The van der Waals surface area contributed by atoms with Crippen molar-refractivity contribution in [1.29, 1.82) is 0 Å². The van der Waals surface area contributed by atoms with Crippen LogP contribution in [0.5, 0.6) is 5.75 Å². The SMILES string of the molecule is CCc1nn(-c2nccnc2C)c(Nc2ccc(OC(F)(F)F)cc2C(=O)O)c1-c1ccc(F)nc1. The fourth-order valence-electron chi connectivity index (χ4n) is 3.55. The Morgan fingerprint density at radius 3 is 2.50 bits per heavy atom. The van der Waals surface area contributed by atoms with Crippen molar-refractivity contribution in [2.75, 3.05) is 5.32 Å². The van der Waals surface area contributed by atoms with Gasteiger partial charge in [0.1, 0.15) is 11.6 Å². The molecule has 0 amide bonds.